The fourth-order valence-corrected chi connectivity index (χ4v) is 2.71. The SMILES string of the molecule is COCCc1ccc(C(C)(C)CCBr)cc1. The van der Waals surface area contributed by atoms with Crippen LogP contribution in [-0.2, 0) is 16.6 Å². The topological polar surface area (TPSA) is 9.23 Å². The molecule has 0 heterocycles. The normalized spacial score (nSPS) is 11.8. The van der Waals surface area contributed by atoms with Crippen molar-refractivity contribution in [3.63, 3.8) is 0 Å². The van der Waals surface area contributed by atoms with Gasteiger partial charge < -0.3 is 4.74 Å². The predicted molar refractivity (Wildman–Crippen MR) is 73.5 cm³/mol. The van der Waals surface area contributed by atoms with Crippen LogP contribution < -0.4 is 0 Å². The van der Waals surface area contributed by atoms with Crippen molar-refractivity contribution in [1.82, 2.24) is 0 Å². The van der Waals surface area contributed by atoms with Crippen LogP contribution >= 0.6 is 15.9 Å². The fraction of sp³-hybridized carbons (Fsp3) is 0.571. The van der Waals surface area contributed by atoms with E-state index in [1.54, 1.807) is 7.11 Å². The van der Waals surface area contributed by atoms with Crippen molar-refractivity contribution in [2.45, 2.75) is 32.1 Å². The summed E-state index contributed by atoms with van der Waals surface area (Å²) in [5, 5.41) is 1.05. The van der Waals surface area contributed by atoms with Gasteiger partial charge in [0.15, 0.2) is 0 Å². The maximum atomic E-state index is 5.08. The molecule has 1 aromatic carbocycles. The molecule has 0 unspecified atom stereocenters. The first kappa shape index (κ1) is 13.7. The minimum Gasteiger partial charge on any atom is -0.384 e. The Bertz CT molecular complexity index is 303. The van der Waals surface area contributed by atoms with Gasteiger partial charge >= 0.3 is 0 Å². The van der Waals surface area contributed by atoms with Crippen LogP contribution in [0.15, 0.2) is 24.3 Å². The number of benzene rings is 1. The number of rotatable bonds is 6. The Hall–Kier alpha value is -0.340. The van der Waals surface area contributed by atoms with Gasteiger partial charge in [0.25, 0.3) is 0 Å². The summed E-state index contributed by atoms with van der Waals surface area (Å²) < 4.78 is 5.08. The minimum atomic E-state index is 0.253. The lowest BCUT2D eigenvalue weighted by Crippen LogP contribution is -2.17. The highest BCUT2D eigenvalue weighted by Gasteiger charge is 2.19. The summed E-state index contributed by atoms with van der Waals surface area (Å²) >= 11 is 3.51. The zero-order chi connectivity index (χ0) is 12.0. The highest BCUT2D eigenvalue weighted by atomic mass is 79.9. The van der Waals surface area contributed by atoms with Crippen molar-refractivity contribution in [1.29, 1.82) is 0 Å². The number of alkyl halides is 1. The summed E-state index contributed by atoms with van der Waals surface area (Å²) in [6.07, 6.45) is 2.15. The van der Waals surface area contributed by atoms with Gasteiger partial charge in [-0.15, -0.1) is 0 Å². The molecule has 0 atom stereocenters. The van der Waals surface area contributed by atoms with Crippen LogP contribution in [0, 0.1) is 0 Å². The minimum absolute atomic E-state index is 0.253. The van der Waals surface area contributed by atoms with E-state index >= 15 is 0 Å². The van der Waals surface area contributed by atoms with Gasteiger partial charge in [-0.3, -0.25) is 0 Å². The maximum Gasteiger partial charge on any atom is 0.0502 e. The van der Waals surface area contributed by atoms with E-state index in [0.29, 0.717) is 0 Å². The highest BCUT2D eigenvalue weighted by Crippen LogP contribution is 2.27. The lowest BCUT2D eigenvalue weighted by Gasteiger charge is -2.24. The number of halogens is 1. The van der Waals surface area contributed by atoms with Crippen LogP contribution in [-0.4, -0.2) is 19.0 Å². The number of hydrogen-bond donors (Lipinski definition) is 0. The van der Waals surface area contributed by atoms with Gasteiger partial charge in [-0.2, -0.15) is 0 Å². The van der Waals surface area contributed by atoms with E-state index in [4.69, 9.17) is 4.74 Å². The molecular weight excluding hydrogens is 264 g/mol. The average Bonchev–Trinajstić information content (AvgIpc) is 2.27. The van der Waals surface area contributed by atoms with E-state index in [2.05, 4.69) is 54.0 Å². The quantitative estimate of drug-likeness (QED) is 0.719. The van der Waals surface area contributed by atoms with Gasteiger partial charge in [0.1, 0.15) is 0 Å². The summed E-state index contributed by atoms with van der Waals surface area (Å²) in [6, 6.07) is 8.91. The second kappa shape index (κ2) is 6.41. The van der Waals surface area contributed by atoms with Gasteiger partial charge in [0.2, 0.25) is 0 Å². The van der Waals surface area contributed by atoms with Crippen molar-refractivity contribution >= 4 is 15.9 Å². The van der Waals surface area contributed by atoms with Gasteiger partial charge in [-0.05, 0) is 29.4 Å². The molecule has 0 aliphatic carbocycles. The van der Waals surface area contributed by atoms with Crippen molar-refractivity contribution < 1.29 is 4.74 Å². The first-order valence-corrected chi connectivity index (χ1v) is 6.86. The molecule has 0 amide bonds. The second-order valence-electron chi connectivity index (χ2n) is 4.76. The molecule has 0 saturated carbocycles. The number of ether oxygens (including phenoxy) is 1. The molecule has 0 radical (unpaired) electrons. The zero-order valence-corrected chi connectivity index (χ0v) is 12.0. The molecule has 90 valence electrons. The van der Waals surface area contributed by atoms with Gasteiger partial charge in [-0.25, -0.2) is 0 Å². The first-order chi connectivity index (χ1) is 7.60. The molecule has 0 saturated heterocycles. The molecular formula is C14H21BrO. The van der Waals surface area contributed by atoms with E-state index in [1.165, 1.54) is 11.1 Å². The van der Waals surface area contributed by atoms with Crippen molar-refractivity contribution in [3.8, 4) is 0 Å². The van der Waals surface area contributed by atoms with Crippen LogP contribution in [0.25, 0.3) is 0 Å². The van der Waals surface area contributed by atoms with E-state index < -0.39 is 0 Å². The summed E-state index contributed by atoms with van der Waals surface area (Å²) in [7, 11) is 1.74. The van der Waals surface area contributed by atoms with E-state index in [0.717, 1.165) is 24.8 Å². The van der Waals surface area contributed by atoms with Gasteiger partial charge in [0, 0.05) is 12.4 Å². The van der Waals surface area contributed by atoms with E-state index in [1.807, 2.05) is 0 Å². The van der Waals surface area contributed by atoms with Crippen LogP contribution in [0.5, 0.6) is 0 Å². The summed E-state index contributed by atoms with van der Waals surface area (Å²) in [6.45, 7) is 5.38. The second-order valence-corrected chi connectivity index (χ2v) is 5.56. The molecule has 0 spiro atoms. The molecule has 16 heavy (non-hydrogen) atoms. The van der Waals surface area contributed by atoms with Crippen LogP contribution in [0.3, 0.4) is 0 Å². The Morgan fingerprint density at radius 2 is 1.81 bits per heavy atom. The molecule has 1 nitrogen and oxygen atoms in total. The predicted octanol–water partition coefficient (Wildman–Crippen LogP) is 3.94. The van der Waals surface area contributed by atoms with Gasteiger partial charge in [-0.1, -0.05) is 54.0 Å². The largest absolute Gasteiger partial charge is 0.384 e. The molecule has 0 aliphatic heterocycles. The third kappa shape index (κ3) is 3.91. The number of methoxy groups -OCH3 is 1. The number of hydrogen-bond acceptors (Lipinski definition) is 1. The van der Waals surface area contributed by atoms with Gasteiger partial charge in [0.05, 0.1) is 6.61 Å². The third-order valence-electron chi connectivity index (χ3n) is 3.05. The first-order valence-electron chi connectivity index (χ1n) is 5.74. The zero-order valence-electron chi connectivity index (χ0n) is 10.4. The van der Waals surface area contributed by atoms with Crippen LogP contribution in [0.4, 0.5) is 0 Å². The summed E-state index contributed by atoms with van der Waals surface area (Å²) in [5.41, 5.74) is 3.01. The summed E-state index contributed by atoms with van der Waals surface area (Å²) in [5.74, 6) is 0. The lowest BCUT2D eigenvalue weighted by molar-refractivity contribution is 0.202. The molecule has 0 N–H and O–H groups in total. The standard InChI is InChI=1S/C14H21BrO/c1-14(2,9-10-15)13-6-4-12(5-7-13)8-11-16-3/h4-7H,8-11H2,1-3H3. The van der Waals surface area contributed by atoms with Crippen LogP contribution in [0.1, 0.15) is 31.4 Å². The smallest absolute Gasteiger partial charge is 0.0502 e. The average molecular weight is 285 g/mol. The van der Waals surface area contributed by atoms with Crippen molar-refractivity contribution in [3.05, 3.63) is 35.4 Å². The Morgan fingerprint density at radius 3 is 2.31 bits per heavy atom. The van der Waals surface area contributed by atoms with E-state index in [9.17, 15) is 0 Å². The maximum absolute atomic E-state index is 5.08. The lowest BCUT2D eigenvalue weighted by atomic mass is 9.82. The Balaban J connectivity index is 2.70. The monoisotopic (exact) mass is 284 g/mol. The highest BCUT2D eigenvalue weighted by molar-refractivity contribution is 9.09. The van der Waals surface area contributed by atoms with Crippen molar-refractivity contribution in [2.24, 2.45) is 0 Å². The molecule has 0 bridgehead atoms. The van der Waals surface area contributed by atoms with Crippen molar-refractivity contribution in [2.75, 3.05) is 19.0 Å². The fourth-order valence-electron chi connectivity index (χ4n) is 1.72. The molecule has 1 aromatic rings. The molecule has 1 rings (SSSR count). The third-order valence-corrected chi connectivity index (χ3v) is 3.45. The van der Waals surface area contributed by atoms with E-state index in [-0.39, 0.29) is 5.41 Å². The molecule has 2 heteroatoms. The molecule has 0 aliphatic rings. The molecule has 0 aromatic heterocycles. The summed E-state index contributed by atoms with van der Waals surface area (Å²) in [4.78, 5) is 0. The Kier molecular flexibility index (Phi) is 5.50. The Labute approximate surface area is 107 Å². The molecule has 0 fully saturated rings. The Morgan fingerprint density at radius 1 is 1.19 bits per heavy atom. The van der Waals surface area contributed by atoms with Crippen LogP contribution in [0.2, 0.25) is 0 Å².